The second-order valence-electron chi connectivity index (χ2n) is 5.24. The van der Waals surface area contributed by atoms with E-state index in [2.05, 4.69) is 10.3 Å². The van der Waals surface area contributed by atoms with Crippen LogP contribution in [0.5, 0.6) is 0 Å². The molecule has 0 aliphatic rings. The lowest BCUT2D eigenvalue weighted by Gasteiger charge is -2.15. The molecular weight excluding hydrogens is 264 g/mol. The summed E-state index contributed by atoms with van der Waals surface area (Å²) in [6.45, 7) is 7.92. The highest BCUT2D eigenvalue weighted by molar-refractivity contribution is 6.32. The second kappa shape index (κ2) is 6.87. The van der Waals surface area contributed by atoms with Crippen molar-refractivity contribution in [2.75, 3.05) is 6.54 Å². The lowest BCUT2D eigenvalue weighted by atomic mass is 10.1. The maximum Gasteiger partial charge on any atom is 0.254 e. The van der Waals surface area contributed by atoms with Crippen LogP contribution in [0.25, 0.3) is 0 Å². The predicted octanol–water partition coefficient (Wildman–Crippen LogP) is 2.49. The summed E-state index contributed by atoms with van der Waals surface area (Å²) in [6, 6.07) is 1.81. The van der Waals surface area contributed by atoms with E-state index in [1.54, 1.807) is 0 Å². The van der Waals surface area contributed by atoms with Crippen LogP contribution in [0.15, 0.2) is 6.07 Å². The minimum atomic E-state index is -0.540. The number of halogens is 1. The van der Waals surface area contributed by atoms with Crippen molar-refractivity contribution in [3.63, 3.8) is 0 Å². The Kier molecular flexibility index (Phi) is 5.76. The minimum Gasteiger partial charge on any atom is -0.391 e. The van der Waals surface area contributed by atoms with Gasteiger partial charge in [-0.1, -0.05) is 25.4 Å². The largest absolute Gasteiger partial charge is 0.391 e. The van der Waals surface area contributed by atoms with E-state index in [0.717, 1.165) is 11.3 Å². The first-order valence-corrected chi connectivity index (χ1v) is 6.79. The summed E-state index contributed by atoms with van der Waals surface area (Å²) >= 11 is 5.99. The van der Waals surface area contributed by atoms with E-state index < -0.39 is 6.10 Å². The molecule has 0 aliphatic heterocycles. The van der Waals surface area contributed by atoms with E-state index in [1.165, 1.54) is 0 Å². The molecule has 1 amide bonds. The maximum atomic E-state index is 12.0. The number of hydrogen-bond acceptors (Lipinski definition) is 3. The smallest absolute Gasteiger partial charge is 0.254 e. The Morgan fingerprint density at radius 2 is 2.11 bits per heavy atom. The quantitative estimate of drug-likeness (QED) is 0.817. The Balaban J connectivity index is 2.69. The van der Waals surface area contributed by atoms with Gasteiger partial charge in [-0.15, -0.1) is 0 Å². The van der Waals surface area contributed by atoms with Crippen LogP contribution in [0.4, 0.5) is 0 Å². The van der Waals surface area contributed by atoms with Gasteiger partial charge in [-0.05, 0) is 37.8 Å². The average molecular weight is 285 g/mol. The predicted molar refractivity (Wildman–Crippen MR) is 76.5 cm³/mol. The fourth-order valence-corrected chi connectivity index (χ4v) is 2.36. The molecule has 0 bridgehead atoms. The van der Waals surface area contributed by atoms with Crippen molar-refractivity contribution < 1.29 is 9.90 Å². The molecule has 1 unspecified atom stereocenters. The lowest BCUT2D eigenvalue weighted by molar-refractivity contribution is 0.0899. The molecule has 1 atom stereocenters. The summed E-state index contributed by atoms with van der Waals surface area (Å²) in [4.78, 5) is 16.1. The zero-order valence-corrected chi connectivity index (χ0v) is 12.6. The van der Waals surface area contributed by atoms with Gasteiger partial charge in [0.2, 0.25) is 0 Å². The lowest BCUT2D eigenvalue weighted by Crippen LogP contribution is -2.33. The standard InChI is InChI=1S/C14H21ClN2O2/c1-8(2)5-11(18)7-16-14(19)12-9(3)6-10(4)17-13(12)15/h6,8,11,18H,5,7H2,1-4H3,(H,16,19). The molecule has 106 valence electrons. The molecule has 1 aromatic heterocycles. The maximum absolute atomic E-state index is 12.0. The van der Waals surface area contributed by atoms with E-state index >= 15 is 0 Å². The molecular formula is C14H21ClN2O2. The zero-order valence-electron chi connectivity index (χ0n) is 11.8. The molecule has 4 nitrogen and oxygen atoms in total. The van der Waals surface area contributed by atoms with E-state index in [4.69, 9.17) is 11.6 Å². The molecule has 0 radical (unpaired) electrons. The highest BCUT2D eigenvalue weighted by Crippen LogP contribution is 2.18. The van der Waals surface area contributed by atoms with Crippen LogP contribution in [0.1, 0.15) is 41.9 Å². The fourth-order valence-electron chi connectivity index (χ4n) is 1.99. The minimum absolute atomic E-state index is 0.202. The fraction of sp³-hybridized carbons (Fsp3) is 0.571. The Morgan fingerprint density at radius 3 is 2.63 bits per heavy atom. The number of carbonyl (C=O) groups is 1. The third-order valence-corrected chi connectivity index (χ3v) is 3.04. The Labute approximate surface area is 119 Å². The first-order valence-electron chi connectivity index (χ1n) is 6.41. The molecule has 0 aliphatic carbocycles. The third kappa shape index (κ3) is 4.80. The van der Waals surface area contributed by atoms with Crippen molar-refractivity contribution in [3.05, 3.63) is 28.0 Å². The van der Waals surface area contributed by atoms with E-state index in [0.29, 0.717) is 17.9 Å². The van der Waals surface area contributed by atoms with Crippen molar-refractivity contribution in [1.29, 1.82) is 0 Å². The number of carbonyl (C=O) groups excluding carboxylic acids is 1. The van der Waals surface area contributed by atoms with Gasteiger partial charge in [-0.3, -0.25) is 4.79 Å². The highest BCUT2D eigenvalue weighted by atomic mass is 35.5. The van der Waals surface area contributed by atoms with Crippen molar-refractivity contribution in [3.8, 4) is 0 Å². The van der Waals surface area contributed by atoms with Crippen molar-refractivity contribution in [2.24, 2.45) is 5.92 Å². The number of aliphatic hydroxyl groups excluding tert-OH is 1. The molecule has 1 rings (SSSR count). The number of pyridine rings is 1. The summed E-state index contributed by atoms with van der Waals surface area (Å²) in [6.07, 6.45) is 0.112. The van der Waals surface area contributed by atoms with Gasteiger partial charge in [-0.25, -0.2) is 4.98 Å². The number of nitrogens with one attached hydrogen (secondary N) is 1. The summed E-state index contributed by atoms with van der Waals surface area (Å²) in [5.41, 5.74) is 1.94. The molecule has 0 saturated carbocycles. The summed E-state index contributed by atoms with van der Waals surface area (Å²) in [5.74, 6) is 0.0936. The van der Waals surface area contributed by atoms with E-state index in [9.17, 15) is 9.90 Å². The molecule has 1 heterocycles. The molecule has 19 heavy (non-hydrogen) atoms. The van der Waals surface area contributed by atoms with Gasteiger partial charge in [0.1, 0.15) is 5.15 Å². The monoisotopic (exact) mass is 284 g/mol. The van der Waals surface area contributed by atoms with Crippen LogP contribution < -0.4 is 5.32 Å². The van der Waals surface area contributed by atoms with Crippen LogP contribution >= 0.6 is 11.6 Å². The van der Waals surface area contributed by atoms with Crippen LogP contribution in [0.3, 0.4) is 0 Å². The molecule has 5 heteroatoms. The highest BCUT2D eigenvalue weighted by Gasteiger charge is 2.16. The first kappa shape index (κ1) is 15.9. The molecule has 0 spiro atoms. The SMILES string of the molecule is Cc1cc(C)c(C(=O)NCC(O)CC(C)C)c(Cl)n1. The molecule has 2 N–H and O–H groups in total. The van der Waals surface area contributed by atoms with Gasteiger partial charge in [0.15, 0.2) is 0 Å². The van der Waals surface area contributed by atoms with Crippen molar-refractivity contribution in [1.82, 2.24) is 10.3 Å². The second-order valence-corrected chi connectivity index (χ2v) is 5.60. The summed E-state index contributed by atoms with van der Waals surface area (Å²) in [7, 11) is 0. The number of aliphatic hydroxyl groups is 1. The van der Waals surface area contributed by atoms with Gasteiger partial charge < -0.3 is 10.4 Å². The average Bonchev–Trinajstić information content (AvgIpc) is 2.23. The van der Waals surface area contributed by atoms with E-state index in [-0.39, 0.29) is 17.6 Å². The van der Waals surface area contributed by atoms with Crippen LogP contribution in [0.2, 0.25) is 5.15 Å². The molecule has 0 saturated heterocycles. The third-order valence-electron chi connectivity index (χ3n) is 2.77. The number of nitrogens with zero attached hydrogens (tertiary/aromatic N) is 1. The van der Waals surface area contributed by atoms with Gasteiger partial charge >= 0.3 is 0 Å². The number of rotatable bonds is 5. The number of aromatic nitrogens is 1. The zero-order chi connectivity index (χ0) is 14.6. The molecule has 1 aromatic rings. The topological polar surface area (TPSA) is 62.2 Å². The van der Waals surface area contributed by atoms with Crippen LogP contribution in [-0.2, 0) is 0 Å². The number of amides is 1. The number of aryl methyl sites for hydroxylation is 2. The van der Waals surface area contributed by atoms with Gasteiger partial charge in [0, 0.05) is 12.2 Å². The first-order chi connectivity index (χ1) is 8.81. The molecule has 0 aromatic carbocycles. The van der Waals surface area contributed by atoms with E-state index in [1.807, 2.05) is 33.8 Å². The Morgan fingerprint density at radius 1 is 1.47 bits per heavy atom. The Hall–Kier alpha value is -1.13. The Bertz CT molecular complexity index is 438. The van der Waals surface area contributed by atoms with Crippen molar-refractivity contribution >= 4 is 17.5 Å². The van der Waals surface area contributed by atoms with Crippen LogP contribution in [0, 0.1) is 19.8 Å². The van der Waals surface area contributed by atoms with Gasteiger partial charge in [0.05, 0.1) is 11.7 Å². The molecule has 0 fully saturated rings. The van der Waals surface area contributed by atoms with Crippen molar-refractivity contribution in [2.45, 2.75) is 40.2 Å². The summed E-state index contributed by atoms with van der Waals surface area (Å²) in [5, 5.41) is 12.6. The van der Waals surface area contributed by atoms with Gasteiger partial charge in [0.25, 0.3) is 5.91 Å². The normalized spacial score (nSPS) is 12.6. The summed E-state index contributed by atoms with van der Waals surface area (Å²) < 4.78 is 0. The number of hydrogen-bond donors (Lipinski definition) is 2. The van der Waals surface area contributed by atoms with Gasteiger partial charge in [-0.2, -0.15) is 0 Å². The van der Waals surface area contributed by atoms with Crippen LogP contribution in [-0.4, -0.2) is 28.6 Å².